The molecule has 0 aliphatic carbocycles. The van der Waals surface area contributed by atoms with Gasteiger partial charge in [0.15, 0.2) is 6.04 Å². The predicted molar refractivity (Wildman–Crippen MR) is 61.6 cm³/mol. The lowest BCUT2D eigenvalue weighted by Gasteiger charge is -2.12. The third kappa shape index (κ3) is 3.18. The number of rotatable bonds is 4. The van der Waals surface area contributed by atoms with Crippen LogP contribution in [0.1, 0.15) is 15.9 Å². The summed E-state index contributed by atoms with van der Waals surface area (Å²) in [6.07, 6.45) is 0. The number of carbonyl (C=O) groups excluding carboxylic acids is 1. The monoisotopic (exact) mass is 238 g/mol. The Morgan fingerprint density at radius 1 is 1.47 bits per heavy atom. The van der Waals surface area contributed by atoms with Crippen LogP contribution in [0.5, 0.6) is 0 Å². The average molecular weight is 238 g/mol. The number of anilines is 1. The number of nitrogens with one attached hydrogen (secondary N) is 1. The molecule has 6 nitrogen and oxygen atoms in total. The van der Waals surface area contributed by atoms with E-state index < -0.39 is 24.5 Å². The van der Waals surface area contributed by atoms with Gasteiger partial charge in [-0.15, -0.1) is 0 Å². The molecule has 6 heteroatoms. The van der Waals surface area contributed by atoms with Crippen LogP contribution in [0, 0.1) is 6.92 Å². The number of carboxylic acid groups (broad SMARTS) is 1. The second-order valence-electron chi connectivity index (χ2n) is 3.62. The maximum atomic E-state index is 11.7. The Kier molecular flexibility index (Phi) is 4.06. The molecule has 0 heterocycles. The number of hydrogen-bond acceptors (Lipinski definition) is 4. The highest BCUT2D eigenvalue weighted by Gasteiger charge is 2.19. The summed E-state index contributed by atoms with van der Waals surface area (Å²) >= 11 is 0. The van der Waals surface area contributed by atoms with E-state index in [0.29, 0.717) is 11.3 Å². The lowest BCUT2D eigenvalue weighted by atomic mass is 10.1. The molecule has 0 spiro atoms. The van der Waals surface area contributed by atoms with Crippen molar-refractivity contribution < 1.29 is 19.8 Å². The highest BCUT2D eigenvalue weighted by Crippen LogP contribution is 2.12. The van der Waals surface area contributed by atoms with Crippen LogP contribution in [0.3, 0.4) is 0 Å². The molecule has 1 aromatic rings. The summed E-state index contributed by atoms with van der Waals surface area (Å²) in [6.45, 7) is 1.09. The van der Waals surface area contributed by atoms with Gasteiger partial charge in [0.05, 0.1) is 6.61 Å². The summed E-state index contributed by atoms with van der Waals surface area (Å²) in [7, 11) is 0. The molecule has 0 aliphatic heterocycles. The molecule has 0 aromatic heterocycles. The fraction of sp³-hybridized carbons (Fsp3) is 0.273. The average Bonchev–Trinajstić information content (AvgIpc) is 2.28. The topological polar surface area (TPSA) is 113 Å². The number of hydrogen-bond donors (Lipinski definition) is 4. The minimum atomic E-state index is -1.31. The number of amides is 1. The molecule has 17 heavy (non-hydrogen) atoms. The standard InChI is InChI=1S/C11H14N2O4/c1-6-4-7(2-3-8(6)12)10(15)13-9(5-14)11(16)17/h2-4,9,14H,5,12H2,1H3,(H,13,15)(H,16,17). The van der Waals surface area contributed by atoms with Crippen molar-refractivity contribution in [1.29, 1.82) is 0 Å². The smallest absolute Gasteiger partial charge is 0.328 e. The van der Waals surface area contributed by atoms with Crippen molar-refractivity contribution in [2.45, 2.75) is 13.0 Å². The fourth-order valence-electron chi connectivity index (χ4n) is 1.24. The van der Waals surface area contributed by atoms with Gasteiger partial charge in [-0.05, 0) is 30.7 Å². The summed E-state index contributed by atoms with van der Waals surface area (Å²) < 4.78 is 0. The second-order valence-corrected chi connectivity index (χ2v) is 3.62. The first-order valence-electron chi connectivity index (χ1n) is 4.96. The third-order valence-electron chi connectivity index (χ3n) is 2.32. The number of nitrogens with two attached hydrogens (primary N) is 1. The molecular formula is C11H14N2O4. The molecule has 0 saturated carbocycles. The van der Waals surface area contributed by atoms with E-state index in [1.165, 1.54) is 6.07 Å². The van der Waals surface area contributed by atoms with Gasteiger partial charge in [-0.25, -0.2) is 4.79 Å². The Balaban J connectivity index is 2.82. The molecule has 1 amide bonds. The molecule has 0 fully saturated rings. The van der Waals surface area contributed by atoms with E-state index in [4.69, 9.17) is 15.9 Å². The largest absolute Gasteiger partial charge is 0.480 e. The fourth-order valence-corrected chi connectivity index (χ4v) is 1.24. The van der Waals surface area contributed by atoms with Gasteiger partial charge in [0.25, 0.3) is 5.91 Å². The Hall–Kier alpha value is -2.08. The first-order chi connectivity index (χ1) is 7.95. The van der Waals surface area contributed by atoms with Gasteiger partial charge in [-0.2, -0.15) is 0 Å². The number of aliphatic hydroxyl groups excluding tert-OH is 1. The first-order valence-corrected chi connectivity index (χ1v) is 4.96. The van der Waals surface area contributed by atoms with Gasteiger partial charge in [0.2, 0.25) is 0 Å². The maximum absolute atomic E-state index is 11.7. The Morgan fingerprint density at radius 2 is 2.12 bits per heavy atom. The van der Waals surface area contributed by atoms with E-state index in [-0.39, 0.29) is 0 Å². The van der Waals surface area contributed by atoms with Crippen LogP contribution < -0.4 is 11.1 Å². The number of carboxylic acids is 1. The lowest BCUT2D eigenvalue weighted by molar-refractivity contribution is -0.140. The number of aliphatic hydroxyl groups is 1. The van der Waals surface area contributed by atoms with Crippen LogP contribution in [-0.2, 0) is 4.79 Å². The van der Waals surface area contributed by atoms with Crippen LogP contribution in [0.4, 0.5) is 5.69 Å². The van der Waals surface area contributed by atoms with Crippen molar-refractivity contribution in [1.82, 2.24) is 5.32 Å². The van der Waals surface area contributed by atoms with Crippen molar-refractivity contribution in [3.8, 4) is 0 Å². The molecule has 1 rings (SSSR count). The molecule has 5 N–H and O–H groups in total. The number of carbonyl (C=O) groups is 2. The quantitative estimate of drug-likeness (QED) is 0.540. The zero-order chi connectivity index (χ0) is 13.0. The summed E-state index contributed by atoms with van der Waals surface area (Å²) in [6, 6.07) is 3.31. The van der Waals surface area contributed by atoms with E-state index >= 15 is 0 Å². The first kappa shape index (κ1) is 13.0. The third-order valence-corrected chi connectivity index (χ3v) is 2.32. The van der Waals surface area contributed by atoms with Crippen LogP contribution >= 0.6 is 0 Å². The van der Waals surface area contributed by atoms with Gasteiger partial charge in [0, 0.05) is 11.3 Å². The van der Waals surface area contributed by atoms with Crippen LogP contribution in [-0.4, -0.2) is 34.7 Å². The van der Waals surface area contributed by atoms with Crippen LogP contribution in [0.25, 0.3) is 0 Å². The summed E-state index contributed by atoms with van der Waals surface area (Å²) in [5, 5.41) is 19.6. The lowest BCUT2D eigenvalue weighted by Crippen LogP contribution is -2.43. The number of aryl methyl sites for hydroxylation is 1. The number of nitrogen functional groups attached to an aromatic ring is 1. The van der Waals surface area contributed by atoms with Crippen molar-refractivity contribution in [3.05, 3.63) is 29.3 Å². The van der Waals surface area contributed by atoms with E-state index in [1.807, 2.05) is 0 Å². The van der Waals surface area contributed by atoms with Gasteiger partial charge < -0.3 is 21.3 Å². The maximum Gasteiger partial charge on any atom is 0.328 e. The van der Waals surface area contributed by atoms with E-state index in [9.17, 15) is 9.59 Å². The minimum absolute atomic E-state index is 0.302. The Morgan fingerprint density at radius 3 is 2.59 bits per heavy atom. The summed E-state index contributed by atoms with van der Waals surface area (Å²) in [5.74, 6) is -1.84. The number of benzene rings is 1. The Labute approximate surface area is 98.1 Å². The zero-order valence-corrected chi connectivity index (χ0v) is 9.30. The van der Waals surface area contributed by atoms with Gasteiger partial charge in [0.1, 0.15) is 0 Å². The van der Waals surface area contributed by atoms with E-state index in [2.05, 4.69) is 5.32 Å². The molecule has 0 saturated heterocycles. The van der Waals surface area contributed by atoms with Crippen molar-refractivity contribution in [3.63, 3.8) is 0 Å². The molecule has 1 aromatic carbocycles. The molecule has 1 unspecified atom stereocenters. The van der Waals surface area contributed by atoms with Gasteiger partial charge in [-0.1, -0.05) is 0 Å². The SMILES string of the molecule is Cc1cc(C(=O)NC(CO)C(=O)O)ccc1N. The van der Waals surface area contributed by atoms with Gasteiger partial charge >= 0.3 is 5.97 Å². The van der Waals surface area contributed by atoms with E-state index in [0.717, 1.165) is 5.56 Å². The highest BCUT2D eigenvalue weighted by atomic mass is 16.4. The highest BCUT2D eigenvalue weighted by molar-refractivity contribution is 5.97. The summed E-state index contributed by atoms with van der Waals surface area (Å²) in [5.41, 5.74) is 7.19. The Bertz CT molecular complexity index is 445. The normalized spacial score (nSPS) is 11.9. The molecule has 1 atom stereocenters. The predicted octanol–water partition coefficient (Wildman–Crippen LogP) is -0.247. The van der Waals surface area contributed by atoms with E-state index in [1.54, 1.807) is 19.1 Å². The van der Waals surface area contributed by atoms with Crippen molar-refractivity contribution >= 4 is 17.6 Å². The van der Waals surface area contributed by atoms with Gasteiger partial charge in [-0.3, -0.25) is 4.79 Å². The molecule has 92 valence electrons. The van der Waals surface area contributed by atoms with Crippen molar-refractivity contribution in [2.75, 3.05) is 12.3 Å². The second kappa shape index (κ2) is 5.31. The molecule has 0 aliphatic rings. The number of aliphatic carboxylic acids is 1. The molecule has 0 bridgehead atoms. The zero-order valence-electron chi connectivity index (χ0n) is 9.30. The van der Waals surface area contributed by atoms with Crippen LogP contribution in [0.2, 0.25) is 0 Å². The van der Waals surface area contributed by atoms with Crippen molar-refractivity contribution in [2.24, 2.45) is 0 Å². The molecular weight excluding hydrogens is 224 g/mol. The minimum Gasteiger partial charge on any atom is -0.480 e. The molecule has 0 radical (unpaired) electrons. The van der Waals surface area contributed by atoms with Crippen LogP contribution in [0.15, 0.2) is 18.2 Å². The summed E-state index contributed by atoms with van der Waals surface area (Å²) in [4.78, 5) is 22.3.